The van der Waals surface area contributed by atoms with Crippen LogP contribution < -0.4 is 10.2 Å². The van der Waals surface area contributed by atoms with Crippen LogP contribution in [0.3, 0.4) is 0 Å². The summed E-state index contributed by atoms with van der Waals surface area (Å²) in [5.41, 5.74) is 1.20. The molecule has 3 N–H and O–H groups in total. The molecular formula is C25H20O6. The van der Waals surface area contributed by atoms with Crippen molar-refractivity contribution in [3.63, 3.8) is 0 Å². The molecule has 4 aromatic rings. The van der Waals surface area contributed by atoms with E-state index in [0.717, 1.165) is 6.07 Å². The van der Waals surface area contributed by atoms with Crippen molar-refractivity contribution >= 4 is 11.0 Å². The van der Waals surface area contributed by atoms with Gasteiger partial charge in [-0.3, -0.25) is 4.79 Å². The van der Waals surface area contributed by atoms with E-state index in [0.29, 0.717) is 16.9 Å². The molecule has 0 amide bonds. The number of allylic oxidation sites excluding steroid dienone is 1. The maximum atomic E-state index is 12.9. The summed E-state index contributed by atoms with van der Waals surface area (Å²) in [6.07, 6.45) is 1.58. The van der Waals surface area contributed by atoms with Gasteiger partial charge in [0.1, 0.15) is 28.2 Å². The summed E-state index contributed by atoms with van der Waals surface area (Å²) in [6.45, 7) is 3.87. The highest BCUT2D eigenvalue weighted by Gasteiger charge is 2.25. The number of phenols is 3. The Labute approximate surface area is 177 Å². The van der Waals surface area contributed by atoms with Gasteiger partial charge in [-0.25, -0.2) is 0 Å². The summed E-state index contributed by atoms with van der Waals surface area (Å²) in [7, 11) is 1.43. The van der Waals surface area contributed by atoms with Crippen molar-refractivity contribution in [1.82, 2.24) is 0 Å². The minimum absolute atomic E-state index is 0.0354. The number of hydrogen-bond donors (Lipinski definition) is 3. The molecular weight excluding hydrogens is 396 g/mol. The van der Waals surface area contributed by atoms with Crippen molar-refractivity contribution < 1.29 is 24.5 Å². The first kappa shape index (κ1) is 20.1. The Bertz CT molecular complexity index is 1340. The van der Waals surface area contributed by atoms with Crippen LogP contribution in [0.25, 0.3) is 22.3 Å². The van der Waals surface area contributed by atoms with Crippen LogP contribution in [0.4, 0.5) is 0 Å². The second-order valence-corrected chi connectivity index (χ2v) is 7.02. The zero-order valence-corrected chi connectivity index (χ0v) is 16.7. The lowest BCUT2D eigenvalue weighted by Gasteiger charge is -2.19. The van der Waals surface area contributed by atoms with Gasteiger partial charge in [0.15, 0.2) is 16.9 Å². The van der Waals surface area contributed by atoms with E-state index in [1.807, 2.05) is 18.2 Å². The third-order valence-corrected chi connectivity index (χ3v) is 5.17. The van der Waals surface area contributed by atoms with Crippen LogP contribution in [0.15, 0.2) is 82.5 Å². The van der Waals surface area contributed by atoms with Gasteiger partial charge >= 0.3 is 0 Å². The van der Waals surface area contributed by atoms with Crippen molar-refractivity contribution in [2.24, 2.45) is 0 Å². The Morgan fingerprint density at radius 2 is 1.71 bits per heavy atom. The SMILES string of the molecule is C=CC(c1ccc(O)c(OC)c1)c1c(O)cc(O)c2c(=O)cc(-c3ccccc3)oc12. The third-order valence-electron chi connectivity index (χ3n) is 5.17. The van der Waals surface area contributed by atoms with E-state index in [1.165, 1.54) is 19.2 Å². The van der Waals surface area contributed by atoms with Crippen molar-refractivity contribution in [3.8, 4) is 34.3 Å². The Morgan fingerprint density at radius 1 is 0.968 bits per heavy atom. The third kappa shape index (κ3) is 3.48. The quantitative estimate of drug-likeness (QED) is 0.400. The highest BCUT2D eigenvalue weighted by molar-refractivity contribution is 5.90. The largest absolute Gasteiger partial charge is 0.507 e. The molecule has 0 aliphatic carbocycles. The van der Waals surface area contributed by atoms with E-state index in [4.69, 9.17) is 9.15 Å². The van der Waals surface area contributed by atoms with Crippen LogP contribution in [0.1, 0.15) is 17.0 Å². The predicted octanol–water partition coefficient (Wildman–Crippen LogP) is 4.90. The first-order valence-corrected chi connectivity index (χ1v) is 9.52. The Morgan fingerprint density at radius 3 is 2.39 bits per heavy atom. The molecule has 4 rings (SSSR count). The van der Waals surface area contributed by atoms with E-state index >= 15 is 0 Å². The number of fused-ring (bicyclic) bond motifs is 1. The standard InChI is InChI=1S/C25H20O6/c1-3-16(15-9-10-17(26)22(11-15)30-2)23-18(27)12-19(28)24-20(29)13-21(31-25(23)24)14-7-5-4-6-8-14/h3-13,16,26-28H,1H2,2H3. The first-order valence-electron chi connectivity index (χ1n) is 9.52. The van der Waals surface area contributed by atoms with Crippen LogP contribution in [0.2, 0.25) is 0 Å². The first-order chi connectivity index (χ1) is 14.9. The number of phenolic OH excluding ortho intramolecular Hbond substituents is 3. The van der Waals surface area contributed by atoms with Gasteiger partial charge in [-0.15, -0.1) is 6.58 Å². The van der Waals surface area contributed by atoms with E-state index in [-0.39, 0.29) is 39.5 Å². The van der Waals surface area contributed by atoms with Crippen LogP contribution in [-0.2, 0) is 0 Å². The highest BCUT2D eigenvalue weighted by Crippen LogP contribution is 2.43. The van der Waals surface area contributed by atoms with Crippen LogP contribution in [0, 0.1) is 0 Å². The average molecular weight is 416 g/mol. The van der Waals surface area contributed by atoms with Crippen LogP contribution in [-0.4, -0.2) is 22.4 Å². The molecule has 0 saturated heterocycles. The zero-order valence-electron chi connectivity index (χ0n) is 16.7. The molecule has 156 valence electrons. The number of ether oxygens (including phenoxy) is 1. The molecule has 1 heterocycles. The average Bonchev–Trinajstić information content (AvgIpc) is 2.77. The molecule has 0 aliphatic heterocycles. The predicted molar refractivity (Wildman–Crippen MR) is 118 cm³/mol. The van der Waals surface area contributed by atoms with Gasteiger partial charge in [0.05, 0.1) is 7.11 Å². The Balaban J connectivity index is 2.03. The molecule has 3 aromatic carbocycles. The summed E-state index contributed by atoms with van der Waals surface area (Å²) < 4.78 is 11.2. The van der Waals surface area contributed by atoms with Crippen molar-refractivity contribution in [1.29, 1.82) is 0 Å². The fraction of sp³-hybridized carbons (Fsp3) is 0.0800. The number of benzene rings is 3. The zero-order chi connectivity index (χ0) is 22.1. The van der Waals surface area contributed by atoms with Crippen molar-refractivity contribution in [3.05, 3.63) is 94.7 Å². The number of rotatable bonds is 5. The van der Waals surface area contributed by atoms with Crippen molar-refractivity contribution in [2.75, 3.05) is 7.11 Å². The lowest BCUT2D eigenvalue weighted by atomic mass is 9.88. The van der Waals surface area contributed by atoms with Gasteiger partial charge in [0, 0.05) is 29.2 Å². The molecule has 0 bridgehead atoms. The maximum Gasteiger partial charge on any atom is 0.197 e. The molecule has 0 spiro atoms. The number of hydrogen-bond acceptors (Lipinski definition) is 6. The van der Waals surface area contributed by atoms with Crippen LogP contribution >= 0.6 is 0 Å². The molecule has 0 aliphatic rings. The van der Waals surface area contributed by atoms with Gasteiger partial charge in [0.2, 0.25) is 0 Å². The number of methoxy groups -OCH3 is 1. The molecule has 0 fully saturated rings. The van der Waals surface area contributed by atoms with Gasteiger partial charge < -0.3 is 24.5 Å². The highest BCUT2D eigenvalue weighted by atomic mass is 16.5. The minimum atomic E-state index is -0.619. The molecule has 6 heteroatoms. The lowest BCUT2D eigenvalue weighted by Crippen LogP contribution is -2.06. The summed E-state index contributed by atoms with van der Waals surface area (Å²) in [5.74, 6) is -0.738. The summed E-state index contributed by atoms with van der Waals surface area (Å²) >= 11 is 0. The monoisotopic (exact) mass is 416 g/mol. The van der Waals surface area contributed by atoms with E-state index < -0.39 is 11.3 Å². The van der Waals surface area contributed by atoms with Crippen LogP contribution in [0.5, 0.6) is 23.0 Å². The lowest BCUT2D eigenvalue weighted by molar-refractivity contribution is 0.373. The fourth-order valence-corrected chi connectivity index (χ4v) is 3.68. The second kappa shape index (κ2) is 7.91. The molecule has 0 radical (unpaired) electrons. The van der Waals surface area contributed by atoms with Crippen molar-refractivity contribution in [2.45, 2.75) is 5.92 Å². The number of aromatic hydroxyl groups is 3. The minimum Gasteiger partial charge on any atom is -0.507 e. The topological polar surface area (TPSA) is 100 Å². The van der Waals surface area contributed by atoms with Gasteiger partial charge in [-0.1, -0.05) is 42.5 Å². The maximum absolute atomic E-state index is 12.9. The fourth-order valence-electron chi connectivity index (χ4n) is 3.68. The van der Waals surface area contributed by atoms with Gasteiger partial charge in [0.25, 0.3) is 0 Å². The summed E-state index contributed by atoms with van der Waals surface area (Å²) in [4.78, 5) is 12.9. The van der Waals surface area contributed by atoms with E-state index in [9.17, 15) is 20.1 Å². The van der Waals surface area contributed by atoms with E-state index in [1.54, 1.807) is 30.3 Å². The Hall–Kier alpha value is -4.19. The Kier molecular flexibility index (Phi) is 5.13. The molecule has 1 aromatic heterocycles. The molecule has 1 unspecified atom stereocenters. The van der Waals surface area contributed by atoms with Gasteiger partial charge in [-0.2, -0.15) is 0 Å². The normalized spacial score (nSPS) is 11.9. The second-order valence-electron chi connectivity index (χ2n) is 7.02. The van der Waals surface area contributed by atoms with E-state index in [2.05, 4.69) is 6.58 Å². The molecule has 0 saturated carbocycles. The molecule has 31 heavy (non-hydrogen) atoms. The smallest absolute Gasteiger partial charge is 0.197 e. The molecule has 1 atom stereocenters. The van der Waals surface area contributed by atoms with Gasteiger partial charge in [-0.05, 0) is 17.7 Å². The molecule has 6 nitrogen and oxygen atoms in total. The summed E-state index contributed by atoms with van der Waals surface area (Å²) in [5, 5.41) is 31.0. The summed E-state index contributed by atoms with van der Waals surface area (Å²) in [6, 6.07) is 16.2.